The van der Waals surface area contributed by atoms with E-state index < -0.39 is 0 Å². The fraction of sp³-hybridized carbons (Fsp3) is 0. The molecule has 2 aromatic rings. The zero-order chi connectivity index (χ0) is 11.6. The molecular weight excluding hydrogens is 286 g/mol. The topological polar surface area (TPSA) is 59.9 Å². The van der Waals surface area contributed by atoms with Crippen LogP contribution in [0, 0.1) is 0 Å². The van der Waals surface area contributed by atoms with Gasteiger partial charge in [-0.2, -0.15) is 4.51 Å². The van der Waals surface area contributed by atoms with Crippen LogP contribution < -0.4 is 4.84 Å². The lowest BCUT2D eigenvalue weighted by Crippen LogP contribution is -1.96. The summed E-state index contributed by atoms with van der Waals surface area (Å²) in [5.41, 5.74) is 0. The average molecular weight is 296 g/mol. The van der Waals surface area contributed by atoms with E-state index in [1.807, 2.05) is 30.3 Å². The first-order valence-corrected chi connectivity index (χ1v) is 7.23. The van der Waals surface area contributed by atoms with Crippen LogP contribution in [0.15, 0.2) is 30.3 Å². The van der Waals surface area contributed by atoms with Gasteiger partial charge in [-0.1, -0.05) is 18.2 Å². The molecule has 5 nitrogen and oxygen atoms in total. The maximum atomic E-state index is 8.57. The molecule has 0 aliphatic carbocycles. The van der Waals surface area contributed by atoms with Crippen molar-refractivity contribution in [1.82, 2.24) is 13.3 Å². The molecule has 0 fully saturated rings. The molecule has 2 atom stereocenters. The molecule has 2 rings (SSSR count). The van der Waals surface area contributed by atoms with Gasteiger partial charge in [-0.25, -0.2) is 0 Å². The Labute approximate surface area is 102 Å². The van der Waals surface area contributed by atoms with Crippen LogP contribution >= 0.6 is 37.1 Å². The van der Waals surface area contributed by atoms with E-state index >= 15 is 0 Å². The van der Waals surface area contributed by atoms with Crippen molar-refractivity contribution in [2.75, 3.05) is 0 Å². The van der Waals surface area contributed by atoms with E-state index in [0.29, 0.717) is 17.0 Å². The van der Waals surface area contributed by atoms with Crippen molar-refractivity contribution in [3.63, 3.8) is 0 Å². The molecule has 0 amide bonds. The molecule has 9 heteroatoms. The summed E-state index contributed by atoms with van der Waals surface area (Å²) in [6.07, 6.45) is 0. The first kappa shape index (κ1) is 13.3. The standard InChI is InChI=1S/C6H8N3OP3.CHClO/c1-2-4-6(5-3-1)10-9-12-7-11-8-13-9;2-1-3/h1-5,7,11-12H;1H. The number of hydrogen-bond donors (Lipinski definition) is 1. The van der Waals surface area contributed by atoms with Crippen molar-refractivity contribution in [3.05, 3.63) is 30.3 Å². The Kier molecular flexibility index (Phi) is 7.03. The Hall–Kier alpha value is -0.720. The van der Waals surface area contributed by atoms with Crippen molar-refractivity contribution in [2.24, 2.45) is 0 Å². The van der Waals surface area contributed by atoms with Gasteiger partial charge in [0.1, 0.15) is 0 Å². The molecule has 0 radical (unpaired) electrons. The average Bonchev–Trinajstić information content (AvgIpc) is 2.33. The zero-order valence-electron chi connectivity index (χ0n) is 8.00. The SMILES string of the molecule is O=CCl.c1ccc(On2pn[pH][nH][pH]2)cc1. The van der Waals surface area contributed by atoms with Crippen LogP contribution in [0.1, 0.15) is 0 Å². The largest absolute Gasteiger partial charge is 0.366 e. The number of H-pyrrole nitrogens is 1. The third-order valence-electron chi connectivity index (χ3n) is 1.32. The van der Waals surface area contributed by atoms with E-state index in [0.717, 1.165) is 14.3 Å². The molecule has 16 heavy (non-hydrogen) atoms. The molecule has 86 valence electrons. The second-order valence-corrected chi connectivity index (χ2v) is 6.05. The van der Waals surface area contributed by atoms with Gasteiger partial charge in [-0.15, -0.1) is 4.26 Å². The Morgan fingerprint density at radius 1 is 1.50 bits per heavy atom. The maximum absolute atomic E-state index is 8.57. The minimum Gasteiger partial charge on any atom is -0.366 e. The van der Waals surface area contributed by atoms with Crippen molar-refractivity contribution < 1.29 is 9.63 Å². The van der Waals surface area contributed by atoms with E-state index in [-0.39, 0.29) is 5.75 Å². The number of halogens is 1. The lowest BCUT2D eigenvalue weighted by molar-refractivity contribution is 0.277. The molecule has 0 aliphatic heterocycles. The smallest absolute Gasteiger partial charge is 0.208 e. The number of nitrogens with zero attached hydrogens (tertiary/aromatic N) is 2. The molecule has 0 aliphatic rings. The zero-order valence-corrected chi connectivity index (χ0v) is 11.7. The fourth-order valence-corrected chi connectivity index (χ4v) is 3.86. The third kappa shape index (κ3) is 5.39. The minimum atomic E-state index is 0.222. The number of aromatic amines is 1. The molecule has 1 N–H and O–H groups in total. The first-order chi connectivity index (χ1) is 7.86. The summed E-state index contributed by atoms with van der Waals surface area (Å²) >= 11 is 4.32. The van der Waals surface area contributed by atoms with Crippen molar-refractivity contribution in [1.29, 1.82) is 0 Å². The van der Waals surface area contributed by atoms with Crippen LogP contribution in [-0.2, 0) is 4.79 Å². The van der Waals surface area contributed by atoms with Crippen molar-refractivity contribution in [2.45, 2.75) is 0 Å². The van der Waals surface area contributed by atoms with E-state index in [9.17, 15) is 0 Å². The molecule has 1 aromatic carbocycles. The predicted molar refractivity (Wildman–Crippen MR) is 70.8 cm³/mol. The normalized spacial score (nSPS) is 10.1. The second kappa shape index (κ2) is 8.43. The number of aromatic nitrogens is 3. The van der Waals surface area contributed by atoms with E-state index in [1.54, 1.807) is 4.26 Å². The quantitative estimate of drug-likeness (QED) is 0.683. The summed E-state index contributed by atoms with van der Waals surface area (Å²) < 4.78 is 9.07. The van der Waals surface area contributed by atoms with Gasteiger partial charge in [0.15, 0.2) is 14.3 Å². The molecule has 1 heterocycles. The van der Waals surface area contributed by atoms with Gasteiger partial charge < -0.3 is 9.35 Å². The minimum absolute atomic E-state index is 0.222. The van der Waals surface area contributed by atoms with Gasteiger partial charge in [-0.05, 0) is 23.7 Å². The third-order valence-corrected chi connectivity index (χ3v) is 4.07. The van der Waals surface area contributed by atoms with Gasteiger partial charge >= 0.3 is 0 Å². The van der Waals surface area contributed by atoms with E-state index in [2.05, 4.69) is 20.6 Å². The van der Waals surface area contributed by atoms with Gasteiger partial charge in [0.05, 0.1) is 8.51 Å². The summed E-state index contributed by atoms with van der Waals surface area (Å²) in [7, 11) is 1.87. The highest BCUT2D eigenvalue weighted by atomic mass is 35.5. The van der Waals surface area contributed by atoms with Crippen LogP contribution in [-0.4, -0.2) is 19.0 Å². The number of carbonyl (C=O) groups is 1. The highest BCUT2D eigenvalue weighted by molar-refractivity contribution is 7.44. The number of benzene rings is 1. The molecule has 2 unspecified atom stereocenters. The molecular formula is C7H9ClN3O2P3. The molecule has 1 aromatic heterocycles. The van der Waals surface area contributed by atoms with Crippen LogP contribution in [0.25, 0.3) is 0 Å². The lowest BCUT2D eigenvalue weighted by Gasteiger charge is -2.04. The Balaban J connectivity index is 0.000000386. The number of para-hydroxylation sites is 1. The van der Waals surface area contributed by atoms with Gasteiger partial charge in [0.25, 0.3) is 0 Å². The number of hydrogen-bond acceptors (Lipinski definition) is 3. The molecule has 0 saturated heterocycles. The first-order valence-electron chi connectivity index (χ1n) is 4.10. The van der Waals surface area contributed by atoms with E-state index in [4.69, 9.17) is 9.63 Å². The summed E-state index contributed by atoms with van der Waals surface area (Å²) in [5.74, 6) is 1.07. The van der Waals surface area contributed by atoms with Crippen molar-refractivity contribution >= 4 is 42.9 Å². The van der Waals surface area contributed by atoms with Crippen LogP contribution in [0.4, 0.5) is 0 Å². The van der Waals surface area contributed by atoms with Crippen LogP contribution in [0.5, 0.6) is 5.75 Å². The number of nitrogens with one attached hydrogen (secondary N) is 1. The molecule has 0 bridgehead atoms. The van der Waals surface area contributed by atoms with Crippen LogP contribution in [0.2, 0.25) is 0 Å². The Morgan fingerprint density at radius 2 is 2.19 bits per heavy atom. The Bertz CT molecular complexity index is 382. The maximum Gasteiger partial charge on any atom is 0.208 e. The summed E-state index contributed by atoms with van der Waals surface area (Å²) in [6.45, 7) is 0. The fourth-order valence-electron chi connectivity index (χ4n) is 0.805. The highest BCUT2D eigenvalue weighted by Crippen LogP contribution is 2.16. The molecule has 0 saturated carbocycles. The van der Waals surface area contributed by atoms with Crippen molar-refractivity contribution in [3.8, 4) is 5.75 Å². The monoisotopic (exact) mass is 295 g/mol. The predicted octanol–water partition coefficient (Wildman–Crippen LogP) is 3.24. The van der Waals surface area contributed by atoms with Gasteiger partial charge in [-0.3, -0.25) is 4.79 Å². The van der Waals surface area contributed by atoms with Crippen LogP contribution in [0.3, 0.4) is 0 Å². The summed E-state index contributed by atoms with van der Waals surface area (Å²) in [4.78, 5) is 14.1. The summed E-state index contributed by atoms with van der Waals surface area (Å²) in [5, 5.41) is 0. The van der Waals surface area contributed by atoms with Gasteiger partial charge in [0, 0.05) is 8.51 Å². The van der Waals surface area contributed by atoms with E-state index in [1.165, 1.54) is 0 Å². The number of carbonyl (C=O) groups excluding carboxylic acids is 1. The summed E-state index contributed by atoms with van der Waals surface area (Å²) in [6, 6.07) is 9.72. The lowest BCUT2D eigenvalue weighted by atomic mass is 10.3. The number of rotatable bonds is 2. The highest BCUT2D eigenvalue weighted by Gasteiger charge is 1.91. The van der Waals surface area contributed by atoms with Gasteiger partial charge in [0.2, 0.25) is 5.75 Å². The Morgan fingerprint density at radius 3 is 2.75 bits per heavy atom. The molecule has 0 spiro atoms. The second-order valence-electron chi connectivity index (χ2n) is 2.30.